The molecule has 0 saturated heterocycles. The predicted octanol–water partition coefficient (Wildman–Crippen LogP) is 2.11. The smallest absolute Gasteiger partial charge is 0.243 e. The number of hydrogen-bond acceptors (Lipinski definition) is 2. The van der Waals surface area contributed by atoms with E-state index in [1.165, 1.54) is 12.1 Å². The number of terminal acetylenes is 1. The van der Waals surface area contributed by atoms with Gasteiger partial charge in [0.2, 0.25) is 5.91 Å². The van der Waals surface area contributed by atoms with Crippen LogP contribution in [0, 0.1) is 18.2 Å². The van der Waals surface area contributed by atoms with Gasteiger partial charge in [-0.2, -0.15) is 0 Å². The molecule has 2 aromatic rings. The highest BCUT2D eigenvalue weighted by atomic mass is 19.1. The highest BCUT2D eigenvalue weighted by Crippen LogP contribution is 2.09. The first kappa shape index (κ1) is 18.0. The maximum atomic E-state index is 13.1. The van der Waals surface area contributed by atoms with Crippen LogP contribution in [0.3, 0.4) is 0 Å². The summed E-state index contributed by atoms with van der Waals surface area (Å²) >= 11 is 0. The van der Waals surface area contributed by atoms with E-state index in [0.717, 1.165) is 5.56 Å². The Labute approximate surface area is 146 Å². The molecule has 0 heterocycles. The average Bonchev–Trinajstić information content (AvgIpc) is 2.62. The number of amides is 1. The van der Waals surface area contributed by atoms with Crippen LogP contribution in [-0.2, 0) is 11.3 Å². The molecule has 3 N–H and O–H groups in total. The number of carbonyl (C=O) groups is 1. The summed E-state index contributed by atoms with van der Waals surface area (Å²) in [7, 11) is 1.59. The monoisotopic (exact) mass is 338 g/mol. The molecule has 6 heteroatoms. The second kappa shape index (κ2) is 9.08. The van der Waals surface area contributed by atoms with E-state index in [1.807, 2.05) is 0 Å². The van der Waals surface area contributed by atoms with E-state index in [0.29, 0.717) is 23.8 Å². The third-order valence-corrected chi connectivity index (χ3v) is 3.30. The lowest BCUT2D eigenvalue weighted by molar-refractivity contribution is -0.115. The van der Waals surface area contributed by atoms with Crippen molar-refractivity contribution < 1.29 is 9.18 Å². The molecule has 5 nitrogen and oxygen atoms in total. The Kier molecular flexibility index (Phi) is 6.55. The number of rotatable bonds is 5. The molecule has 0 aromatic heterocycles. The normalized spacial score (nSPS) is 10.7. The summed E-state index contributed by atoms with van der Waals surface area (Å²) < 4.78 is 13.1. The van der Waals surface area contributed by atoms with Crippen LogP contribution < -0.4 is 16.0 Å². The molecular weight excluding hydrogens is 319 g/mol. The van der Waals surface area contributed by atoms with Crippen molar-refractivity contribution in [2.45, 2.75) is 6.54 Å². The number of carbonyl (C=O) groups excluding carboxylic acids is 1. The topological polar surface area (TPSA) is 65.5 Å². The summed E-state index contributed by atoms with van der Waals surface area (Å²) in [4.78, 5) is 16.0. The van der Waals surface area contributed by atoms with Gasteiger partial charge in [-0.25, -0.2) is 4.39 Å². The van der Waals surface area contributed by atoms with Crippen molar-refractivity contribution in [1.29, 1.82) is 0 Å². The fourth-order valence-corrected chi connectivity index (χ4v) is 2.11. The summed E-state index contributed by atoms with van der Waals surface area (Å²) in [5, 5.41) is 8.66. The summed E-state index contributed by atoms with van der Waals surface area (Å²) in [6, 6.07) is 13.3. The third kappa shape index (κ3) is 5.99. The first-order valence-electron chi connectivity index (χ1n) is 7.66. The highest BCUT2D eigenvalue weighted by Gasteiger charge is 2.05. The molecule has 128 valence electrons. The number of hydrogen-bond donors (Lipinski definition) is 3. The van der Waals surface area contributed by atoms with Gasteiger partial charge in [0.05, 0.1) is 6.54 Å². The Morgan fingerprint density at radius 1 is 1.20 bits per heavy atom. The zero-order chi connectivity index (χ0) is 18.1. The molecule has 1 amide bonds. The SMILES string of the molecule is C#Cc1cccc(NC(=O)CNC(=NC)NCc2cccc(F)c2)c1. The standard InChI is InChI=1S/C19H19FN4O/c1-3-14-6-5-9-17(11-14)24-18(25)13-23-19(21-2)22-12-15-7-4-8-16(20)10-15/h1,4-11H,12-13H2,2H3,(H,24,25)(H2,21,22,23). The first-order valence-corrected chi connectivity index (χ1v) is 7.66. The van der Waals surface area contributed by atoms with E-state index in [-0.39, 0.29) is 18.3 Å². The van der Waals surface area contributed by atoms with Crippen molar-refractivity contribution >= 4 is 17.6 Å². The highest BCUT2D eigenvalue weighted by molar-refractivity contribution is 5.95. The minimum atomic E-state index is -0.296. The molecule has 0 aliphatic carbocycles. The van der Waals surface area contributed by atoms with Gasteiger partial charge in [0.1, 0.15) is 5.82 Å². The van der Waals surface area contributed by atoms with Gasteiger partial charge in [0, 0.05) is 24.8 Å². The van der Waals surface area contributed by atoms with Gasteiger partial charge in [0.15, 0.2) is 5.96 Å². The number of guanidine groups is 1. The second-order valence-electron chi connectivity index (χ2n) is 5.18. The van der Waals surface area contributed by atoms with Crippen LogP contribution >= 0.6 is 0 Å². The number of anilines is 1. The van der Waals surface area contributed by atoms with Crippen LogP contribution in [0.2, 0.25) is 0 Å². The van der Waals surface area contributed by atoms with Gasteiger partial charge in [-0.1, -0.05) is 24.1 Å². The third-order valence-electron chi connectivity index (χ3n) is 3.30. The molecule has 0 aliphatic heterocycles. The molecule has 0 fully saturated rings. The summed E-state index contributed by atoms with van der Waals surface area (Å²) in [6.45, 7) is 0.423. The molecule has 25 heavy (non-hydrogen) atoms. The predicted molar refractivity (Wildman–Crippen MR) is 97.6 cm³/mol. The van der Waals surface area contributed by atoms with E-state index < -0.39 is 0 Å². The van der Waals surface area contributed by atoms with Crippen LogP contribution in [0.5, 0.6) is 0 Å². The van der Waals surface area contributed by atoms with Gasteiger partial charge in [0.25, 0.3) is 0 Å². The maximum absolute atomic E-state index is 13.1. The van der Waals surface area contributed by atoms with E-state index in [2.05, 4.69) is 26.9 Å². The van der Waals surface area contributed by atoms with Crippen molar-refractivity contribution in [2.75, 3.05) is 18.9 Å². The van der Waals surface area contributed by atoms with Gasteiger partial charge >= 0.3 is 0 Å². The number of nitrogens with one attached hydrogen (secondary N) is 3. The Morgan fingerprint density at radius 3 is 2.72 bits per heavy atom. The number of nitrogens with zero attached hydrogens (tertiary/aromatic N) is 1. The minimum absolute atomic E-state index is 0.0309. The Balaban J connectivity index is 1.81. The van der Waals surface area contributed by atoms with Gasteiger partial charge < -0.3 is 16.0 Å². The number of benzene rings is 2. The lowest BCUT2D eigenvalue weighted by Crippen LogP contribution is -2.41. The van der Waals surface area contributed by atoms with E-state index in [4.69, 9.17) is 6.42 Å². The minimum Gasteiger partial charge on any atom is -0.352 e. The van der Waals surface area contributed by atoms with Crippen LogP contribution in [0.25, 0.3) is 0 Å². The first-order chi connectivity index (χ1) is 12.1. The molecule has 2 rings (SSSR count). The van der Waals surface area contributed by atoms with Crippen molar-refractivity contribution in [3.63, 3.8) is 0 Å². The number of halogens is 1. The lowest BCUT2D eigenvalue weighted by atomic mass is 10.2. The molecule has 0 saturated carbocycles. The van der Waals surface area contributed by atoms with Gasteiger partial charge in [-0.05, 0) is 35.9 Å². The zero-order valence-corrected chi connectivity index (χ0v) is 13.8. The summed E-state index contributed by atoms with van der Waals surface area (Å²) in [5.74, 6) is 2.43. The van der Waals surface area contributed by atoms with Crippen LogP contribution in [0.15, 0.2) is 53.5 Å². The molecule has 0 unspecified atom stereocenters. The van der Waals surface area contributed by atoms with Crippen LogP contribution in [-0.4, -0.2) is 25.5 Å². The molecular formula is C19H19FN4O. The molecule has 0 aliphatic rings. The molecule has 0 bridgehead atoms. The summed E-state index contributed by atoms with van der Waals surface area (Å²) in [5.41, 5.74) is 2.10. The maximum Gasteiger partial charge on any atom is 0.243 e. The quantitative estimate of drug-likeness (QED) is 0.444. The molecule has 0 radical (unpaired) electrons. The Hall–Kier alpha value is -3.33. The van der Waals surface area contributed by atoms with E-state index >= 15 is 0 Å². The van der Waals surface area contributed by atoms with Gasteiger partial charge in [-0.15, -0.1) is 6.42 Å². The fraction of sp³-hybridized carbons (Fsp3) is 0.158. The lowest BCUT2D eigenvalue weighted by Gasteiger charge is -2.12. The Bertz CT molecular complexity index is 811. The number of aliphatic imine (C=N–C) groups is 1. The van der Waals surface area contributed by atoms with Crippen molar-refractivity contribution in [1.82, 2.24) is 10.6 Å². The average molecular weight is 338 g/mol. The zero-order valence-electron chi connectivity index (χ0n) is 13.8. The largest absolute Gasteiger partial charge is 0.352 e. The van der Waals surface area contributed by atoms with E-state index in [1.54, 1.807) is 43.4 Å². The van der Waals surface area contributed by atoms with Gasteiger partial charge in [-0.3, -0.25) is 9.79 Å². The Morgan fingerprint density at radius 2 is 2.00 bits per heavy atom. The summed E-state index contributed by atoms with van der Waals surface area (Å²) in [6.07, 6.45) is 5.33. The molecule has 2 aromatic carbocycles. The fourth-order valence-electron chi connectivity index (χ4n) is 2.11. The second-order valence-corrected chi connectivity index (χ2v) is 5.18. The van der Waals surface area contributed by atoms with Crippen molar-refractivity contribution in [2.24, 2.45) is 4.99 Å². The van der Waals surface area contributed by atoms with E-state index in [9.17, 15) is 9.18 Å². The van der Waals surface area contributed by atoms with Crippen molar-refractivity contribution in [3.05, 3.63) is 65.5 Å². The van der Waals surface area contributed by atoms with Crippen molar-refractivity contribution in [3.8, 4) is 12.3 Å². The van der Waals surface area contributed by atoms with Crippen LogP contribution in [0.1, 0.15) is 11.1 Å². The molecule has 0 spiro atoms. The molecule has 0 atom stereocenters. The van der Waals surface area contributed by atoms with Crippen LogP contribution in [0.4, 0.5) is 10.1 Å².